The largest absolute Gasteiger partial charge is 0.336 e. The predicted molar refractivity (Wildman–Crippen MR) is 80.8 cm³/mol. The van der Waals surface area contributed by atoms with E-state index in [0.717, 1.165) is 30.8 Å². The molecular formula is C14H22N4S. The van der Waals surface area contributed by atoms with Gasteiger partial charge in [-0.25, -0.2) is 9.97 Å². The maximum absolute atomic E-state index is 4.71. The average Bonchev–Trinajstić information content (AvgIpc) is 3.22. The van der Waals surface area contributed by atoms with Crippen LogP contribution in [0.2, 0.25) is 0 Å². The zero-order chi connectivity index (χ0) is 13.2. The Morgan fingerprint density at radius 3 is 3.00 bits per heavy atom. The van der Waals surface area contributed by atoms with Crippen LogP contribution < -0.4 is 10.2 Å². The lowest BCUT2D eigenvalue weighted by atomic mass is 10.2. The van der Waals surface area contributed by atoms with Crippen molar-refractivity contribution in [3.63, 3.8) is 0 Å². The molecule has 2 aliphatic rings. The van der Waals surface area contributed by atoms with E-state index in [1.165, 1.54) is 29.9 Å². The van der Waals surface area contributed by atoms with Crippen molar-refractivity contribution in [2.24, 2.45) is 0 Å². The van der Waals surface area contributed by atoms with Gasteiger partial charge in [0.25, 0.3) is 0 Å². The number of thioether (sulfide) groups is 1. The fourth-order valence-electron chi connectivity index (χ4n) is 2.36. The molecule has 1 N–H and O–H groups in total. The van der Waals surface area contributed by atoms with Crippen molar-refractivity contribution in [3.05, 3.63) is 17.5 Å². The van der Waals surface area contributed by atoms with Crippen molar-refractivity contribution in [2.45, 2.75) is 45.3 Å². The van der Waals surface area contributed by atoms with Gasteiger partial charge in [0.2, 0.25) is 5.95 Å². The molecule has 5 heteroatoms. The topological polar surface area (TPSA) is 41.1 Å². The second-order valence-corrected chi connectivity index (χ2v) is 6.70. The standard InChI is InChI=1S/C14H22N4S/c1-10-9-19-6-5-18(10)14-16-8-12(11(2)17-14)7-15-13-3-4-13/h8,10,13,15H,3-7,9H2,1-2H3. The molecule has 0 amide bonds. The molecule has 2 heterocycles. The molecule has 19 heavy (non-hydrogen) atoms. The van der Waals surface area contributed by atoms with Crippen molar-refractivity contribution in [2.75, 3.05) is 23.0 Å². The molecule has 2 fully saturated rings. The Morgan fingerprint density at radius 1 is 1.47 bits per heavy atom. The van der Waals surface area contributed by atoms with E-state index >= 15 is 0 Å². The van der Waals surface area contributed by atoms with Crippen LogP contribution in [0.3, 0.4) is 0 Å². The van der Waals surface area contributed by atoms with Gasteiger partial charge in [0.1, 0.15) is 0 Å². The third-order valence-electron chi connectivity index (χ3n) is 3.85. The molecule has 1 aromatic heterocycles. The maximum atomic E-state index is 4.71. The summed E-state index contributed by atoms with van der Waals surface area (Å²) in [5.41, 5.74) is 2.35. The number of nitrogens with zero attached hydrogens (tertiary/aromatic N) is 3. The Kier molecular flexibility index (Phi) is 3.93. The van der Waals surface area contributed by atoms with Crippen LogP contribution in [0.15, 0.2) is 6.20 Å². The highest BCUT2D eigenvalue weighted by atomic mass is 32.2. The first-order valence-electron chi connectivity index (χ1n) is 7.14. The van der Waals surface area contributed by atoms with Crippen LogP contribution in [0.25, 0.3) is 0 Å². The Labute approximate surface area is 119 Å². The van der Waals surface area contributed by atoms with E-state index in [1.807, 2.05) is 18.0 Å². The first-order chi connectivity index (χ1) is 9.24. The fraction of sp³-hybridized carbons (Fsp3) is 0.714. The van der Waals surface area contributed by atoms with Gasteiger partial charge in [0, 0.05) is 54.1 Å². The molecule has 1 saturated heterocycles. The van der Waals surface area contributed by atoms with Gasteiger partial charge in [-0.05, 0) is 26.7 Å². The van der Waals surface area contributed by atoms with Crippen LogP contribution in [0.1, 0.15) is 31.0 Å². The highest BCUT2D eigenvalue weighted by molar-refractivity contribution is 7.99. The van der Waals surface area contributed by atoms with Gasteiger partial charge >= 0.3 is 0 Å². The van der Waals surface area contributed by atoms with Crippen molar-refractivity contribution in [1.82, 2.24) is 15.3 Å². The third kappa shape index (κ3) is 3.20. The van der Waals surface area contributed by atoms with Gasteiger partial charge < -0.3 is 10.2 Å². The minimum Gasteiger partial charge on any atom is -0.336 e. The van der Waals surface area contributed by atoms with E-state index in [0.29, 0.717) is 6.04 Å². The first kappa shape index (κ1) is 13.2. The van der Waals surface area contributed by atoms with E-state index in [2.05, 4.69) is 29.0 Å². The predicted octanol–water partition coefficient (Wildman–Crippen LogP) is 1.98. The lowest BCUT2D eigenvalue weighted by Gasteiger charge is -2.33. The zero-order valence-corrected chi connectivity index (χ0v) is 12.5. The molecule has 1 aliphatic carbocycles. The van der Waals surface area contributed by atoms with Gasteiger partial charge in [0.05, 0.1) is 0 Å². The summed E-state index contributed by atoms with van der Waals surface area (Å²) in [4.78, 5) is 11.6. The molecule has 0 bridgehead atoms. The lowest BCUT2D eigenvalue weighted by molar-refractivity contribution is 0.661. The summed E-state index contributed by atoms with van der Waals surface area (Å²) in [5.74, 6) is 3.26. The molecule has 1 unspecified atom stereocenters. The van der Waals surface area contributed by atoms with Gasteiger partial charge in [0.15, 0.2) is 0 Å². The number of aryl methyl sites for hydroxylation is 1. The number of anilines is 1. The molecule has 1 aromatic rings. The smallest absolute Gasteiger partial charge is 0.225 e. The molecule has 0 radical (unpaired) electrons. The third-order valence-corrected chi connectivity index (χ3v) is 5.04. The Balaban J connectivity index is 1.70. The van der Waals surface area contributed by atoms with Crippen LogP contribution in [0, 0.1) is 6.92 Å². The van der Waals surface area contributed by atoms with Crippen LogP contribution in [0.5, 0.6) is 0 Å². The summed E-state index contributed by atoms with van der Waals surface area (Å²) in [6.07, 6.45) is 4.64. The zero-order valence-electron chi connectivity index (χ0n) is 11.7. The Bertz CT molecular complexity index is 447. The van der Waals surface area contributed by atoms with Gasteiger partial charge in [-0.15, -0.1) is 0 Å². The average molecular weight is 278 g/mol. The molecule has 0 spiro atoms. The van der Waals surface area contributed by atoms with E-state index in [4.69, 9.17) is 4.98 Å². The Hall–Kier alpha value is -0.810. The van der Waals surface area contributed by atoms with Crippen molar-refractivity contribution >= 4 is 17.7 Å². The maximum Gasteiger partial charge on any atom is 0.225 e. The quantitative estimate of drug-likeness (QED) is 0.912. The summed E-state index contributed by atoms with van der Waals surface area (Å²) in [7, 11) is 0. The minimum atomic E-state index is 0.536. The first-order valence-corrected chi connectivity index (χ1v) is 8.30. The highest BCUT2D eigenvalue weighted by Crippen LogP contribution is 2.22. The van der Waals surface area contributed by atoms with E-state index in [1.54, 1.807) is 0 Å². The summed E-state index contributed by atoms with van der Waals surface area (Å²) >= 11 is 2.02. The molecule has 4 nitrogen and oxygen atoms in total. The second kappa shape index (κ2) is 5.67. The van der Waals surface area contributed by atoms with Gasteiger partial charge in [-0.2, -0.15) is 11.8 Å². The molecule has 1 atom stereocenters. The molecular weight excluding hydrogens is 256 g/mol. The van der Waals surface area contributed by atoms with Crippen molar-refractivity contribution in [1.29, 1.82) is 0 Å². The van der Waals surface area contributed by atoms with Crippen LogP contribution in [-0.2, 0) is 6.54 Å². The molecule has 1 aliphatic heterocycles. The molecule has 3 rings (SSSR count). The SMILES string of the molecule is Cc1nc(N2CCSCC2C)ncc1CNC1CC1. The number of aromatic nitrogens is 2. The highest BCUT2D eigenvalue weighted by Gasteiger charge is 2.22. The molecule has 1 saturated carbocycles. The van der Waals surface area contributed by atoms with E-state index in [-0.39, 0.29) is 0 Å². The summed E-state index contributed by atoms with van der Waals surface area (Å²) in [6.45, 7) is 6.32. The van der Waals surface area contributed by atoms with E-state index in [9.17, 15) is 0 Å². The Morgan fingerprint density at radius 2 is 2.32 bits per heavy atom. The summed E-state index contributed by atoms with van der Waals surface area (Å²) in [6, 6.07) is 1.27. The normalized spacial score (nSPS) is 23.7. The number of hydrogen-bond acceptors (Lipinski definition) is 5. The van der Waals surface area contributed by atoms with Gasteiger partial charge in [-0.1, -0.05) is 0 Å². The monoisotopic (exact) mass is 278 g/mol. The van der Waals surface area contributed by atoms with Crippen LogP contribution in [-0.4, -0.2) is 40.1 Å². The lowest BCUT2D eigenvalue weighted by Crippen LogP contribution is -2.41. The minimum absolute atomic E-state index is 0.536. The molecule has 104 valence electrons. The van der Waals surface area contributed by atoms with Crippen molar-refractivity contribution < 1.29 is 0 Å². The summed E-state index contributed by atoms with van der Waals surface area (Å²) < 4.78 is 0. The molecule has 0 aromatic carbocycles. The number of hydrogen-bond donors (Lipinski definition) is 1. The van der Waals surface area contributed by atoms with Crippen LogP contribution in [0.4, 0.5) is 5.95 Å². The fourth-order valence-corrected chi connectivity index (χ4v) is 3.37. The summed E-state index contributed by atoms with van der Waals surface area (Å²) in [5, 5.41) is 3.52. The van der Waals surface area contributed by atoms with Gasteiger partial charge in [-0.3, -0.25) is 0 Å². The van der Waals surface area contributed by atoms with E-state index < -0.39 is 0 Å². The number of rotatable bonds is 4. The van der Waals surface area contributed by atoms with Crippen molar-refractivity contribution in [3.8, 4) is 0 Å². The second-order valence-electron chi connectivity index (χ2n) is 5.55. The number of nitrogens with one attached hydrogen (secondary N) is 1. The van der Waals surface area contributed by atoms with Crippen LogP contribution >= 0.6 is 11.8 Å².